The van der Waals surface area contributed by atoms with E-state index in [9.17, 15) is 0 Å². The van der Waals surface area contributed by atoms with Crippen LogP contribution in [0.4, 0.5) is 5.95 Å². The first kappa shape index (κ1) is 11.5. The second-order valence-electron chi connectivity index (χ2n) is 3.79. The maximum atomic E-state index is 5.67. The smallest absolute Gasteiger partial charge is 0.240 e. The van der Waals surface area contributed by atoms with E-state index < -0.39 is 0 Å². The number of aryl methyl sites for hydroxylation is 3. The fourth-order valence-electron chi connectivity index (χ4n) is 1.66. The van der Waals surface area contributed by atoms with Crippen LogP contribution in [-0.4, -0.2) is 24.5 Å². The molecule has 0 unspecified atom stereocenters. The van der Waals surface area contributed by atoms with E-state index in [1.54, 1.807) is 0 Å². The molecule has 6 heteroatoms. The summed E-state index contributed by atoms with van der Waals surface area (Å²) in [5.74, 6) is 2.42. The van der Waals surface area contributed by atoms with Gasteiger partial charge in [0.05, 0.1) is 5.69 Å². The molecule has 2 rings (SSSR count). The molecule has 0 saturated heterocycles. The Morgan fingerprint density at radius 3 is 2.53 bits per heavy atom. The lowest BCUT2D eigenvalue weighted by molar-refractivity contribution is 0.798. The lowest BCUT2D eigenvalue weighted by atomic mass is 10.4. The molecule has 2 aromatic rings. The van der Waals surface area contributed by atoms with Crippen LogP contribution >= 0.6 is 0 Å². The van der Waals surface area contributed by atoms with Gasteiger partial charge in [-0.3, -0.25) is 4.57 Å². The van der Waals surface area contributed by atoms with Crippen molar-refractivity contribution in [2.75, 3.05) is 5.73 Å². The molecule has 2 N–H and O–H groups in total. The van der Waals surface area contributed by atoms with Crippen molar-refractivity contribution in [3.63, 3.8) is 0 Å². The SMILES string of the molecule is CCc1nc(N)nc(-n2cc(C)nc2CC)n1. The summed E-state index contributed by atoms with van der Waals surface area (Å²) >= 11 is 0. The maximum absolute atomic E-state index is 5.67. The van der Waals surface area contributed by atoms with Gasteiger partial charge in [0.25, 0.3) is 0 Å². The minimum absolute atomic E-state index is 0.250. The molecule has 17 heavy (non-hydrogen) atoms. The number of rotatable bonds is 3. The van der Waals surface area contributed by atoms with Crippen molar-refractivity contribution in [1.82, 2.24) is 24.5 Å². The normalized spacial score (nSPS) is 10.8. The third-order valence-electron chi connectivity index (χ3n) is 2.43. The number of hydrogen-bond acceptors (Lipinski definition) is 5. The Morgan fingerprint density at radius 2 is 1.88 bits per heavy atom. The molecule has 0 aliphatic carbocycles. The van der Waals surface area contributed by atoms with Crippen molar-refractivity contribution in [2.24, 2.45) is 0 Å². The van der Waals surface area contributed by atoms with Crippen molar-refractivity contribution >= 4 is 5.95 Å². The molecule has 0 spiro atoms. The molecule has 0 aromatic carbocycles. The molecule has 2 heterocycles. The number of nitrogens with two attached hydrogens (primary N) is 1. The number of nitrogen functional groups attached to an aromatic ring is 1. The summed E-state index contributed by atoms with van der Waals surface area (Å²) in [5, 5.41) is 0. The van der Waals surface area contributed by atoms with Gasteiger partial charge in [-0.15, -0.1) is 0 Å². The first-order chi connectivity index (χ1) is 8.13. The molecular formula is C11H16N6. The Labute approximate surface area is 100.0 Å². The lowest BCUT2D eigenvalue weighted by Gasteiger charge is -2.06. The number of hydrogen-bond donors (Lipinski definition) is 1. The zero-order valence-corrected chi connectivity index (χ0v) is 10.3. The number of nitrogens with zero attached hydrogens (tertiary/aromatic N) is 5. The highest BCUT2D eigenvalue weighted by Crippen LogP contribution is 2.10. The van der Waals surface area contributed by atoms with Gasteiger partial charge in [-0.1, -0.05) is 13.8 Å². The van der Waals surface area contributed by atoms with E-state index in [2.05, 4.69) is 19.9 Å². The standard InChI is InChI=1S/C11H16N6/c1-4-8-14-10(12)16-11(15-8)17-6-7(3)13-9(17)5-2/h6H,4-5H2,1-3H3,(H2,12,14,15,16). The Balaban J connectivity index is 2.55. The van der Waals surface area contributed by atoms with Gasteiger partial charge in [0.15, 0.2) is 0 Å². The van der Waals surface area contributed by atoms with Crippen LogP contribution in [0.25, 0.3) is 5.95 Å². The quantitative estimate of drug-likeness (QED) is 0.856. The number of imidazole rings is 1. The van der Waals surface area contributed by atoms with E-state index in [4.69, 9.17) is 5.73 Å². The molecule has 90 valence electrons. The topological polar surface area (TPSA) is 82.5 Å². The Bertz CT molecular complexity index is 531. The Hall–Kier alpha value is -1.98. The Morgan fingerprint density at radius 1 is 1.12 bits per heavy atom. The van der Waals surface area contributed by atoms with Crippen LogP contribution in [0, 0.1) is 6.92 Å². The summed E-state index contributed by atoms with van der Waals surface area (Å²) in [6, 6.07) is 0. The molecular weight excluding hydrogens is 216 g/mol. The first-order valence-electron chi connectivity index (χ1n) is 5.69. The van der Waals surface area contributed by atoms with Gasteiger partial charge in [-0.2, -0.15) is 15.0 Å². The van der Waals surface area contributed by atoms with Crippen LogP contribution in [0.1, 0.15) is 31.2 Å². The average molecular weight is 232 g/mol. The highest BCUT2D eigenvalue weighted by molar-refractivity contribution is 5.25. The van der Waals surface area contributed by atoms with Crippen LogP contribution in [-0.2, 0) is 12.8 Å². The second-order valence-corrected chi connectivity index (χ2v) is 3.79. The summed E-state index contributed by atoms with van der Waals surface area (Å²) in [7, 11) is 0. The summed E-state index contributed by atoms with van der Waals surface area (Å²) in [5.41, 5.74) is 6.62. The zero-order valence-electron chi connectivity index (χ0n) is 10.3. The van der Waals surface area contributed by atoms with Crippen LogP contribution < -0.4 is 5.73 Å². The minimum atomic E-state index is 0.250. The molecule has 0 aliphatic rings. The van der Waals surface area contributed by atoms with Gasteiger partial charge in [-0.05, 0) is 6.92 Å². The number of aromatic nitrogens is 5. The molecule has 0 aliphatic heterocycles. The monoisotopic (exact) mass is 232 g/mol. The summed E-state index contributed by atoms with van der Waals surface area (Å²) in [6.07, 6.45) is 3.46. The molecule has 2 aromatic heterocycles. The number of anilines is 1. The third kappa shape index (κ3) is 2.25. The predicted octanol–water partition coefficient (Wildman–Crippen LogP) is 1.07. The first-order valence-corrected chi connectivity index (χ1v) is 5.69. The molecule has 6 nitrogen and oxygen atoms in total. The minimum Gasteiger partial charge on any atom is -0.368 e. The van der Waals surface area contributed by atoms with Gasteiger partial charge in [0, 0.05) is 19.0 Å². The van der Waals surface area contributed by atoms with Crippen molar-refractivity contribution in [1.29, 1.82) is 0 Å². The molecule has 0 bridgehead atoms. The molecule has 0 saturated carbocycles. The second kappa shape index (κ2) is 4.48. The van der Waals surface area contributed by atoms with E-state index in [0.29, 0.717) is 11.8 Å². The fraction of sp³-hybridized carbons (Fsp3) is 0.455. The third-order valence-corrected chi connectivity index (χ3v) is 2.43. The summed E-state index contributed by atoms with van der Waals surface area (Å²) in [6.45, 7) is 5.98. The fourth-order valence-corrected chi connectivity index (χ4v) is 1.66. The van der Waals surface area contributed by atoms with Crippen molar-refractivity contribution in [2.45, 2.75) is 33.6 Å². The van der Waals surface area contributed by atoms with Gasteiger partial charge in [0.2, 0.25) is 11.9 Å². The van der Waals surface area contributed by atoms with Gasteiger partial charge < -0.3 is 5.73 Å². The van der Waals surface area contributed by atoms with Gasteiger partial charge in [0.1, 0.15) is 11.6 Å². The Kier molecular flexibility index (Phi) is 3.03. The molecule has 0 fully saturated rings. The summed E-state index contributed by atoms with van der Waals surface area (Å²) < 4.78 is 1.87. The van der Waals surface area contributed by atoms with Crippen molar-refractivity contribution < 1.29 is 0 Å². The van der Waals surface area contributed by atoms with Crippen LogP contribution in [0.3, 0.4) is 0 Å². The molecule has 0 radical (unpaired) electrons. The van der Waals surface area contributed by atoms with E-state index >= 15 is 0 Å². The van der Waals surface area contributed by atoms with Crippen molar-refractivity contribution in [3.8, 4) is 5.95 Å². The lowest BCUT2D eigenvalue weighted by Crippen LogP contribution is -2.10. The maximum Gasteiger partial charge on any atom is 0.240 e. The van der Waals surface area contributed by atoms with Gasteiger partial charge in [-0.25, -0.2) is 4.98 Å². The van der Waals surface area contributed by atoms with E-state index in [-0.39, 0.29) is 5.95 Å². The van der Waals surface area contributed by atoms with E-state index in [1.807, 2.05) is 31.5 Å². The largest absolute Gasteiger partial charge is 0.368 e. The highest BCUT2D eigenvalue weighted by Gasteiger charge is 2.10. The van der Waals surface area contributed by atoms with Crippen molar-refractivity contribution in [3.05, 3.63) is 23.5 Å². The van der Waals surface area contributed by atoms with Crippen LogP contribution in [0.2, 0.25) is 0 Å². The van der Waals surface area contributed by atoms with Crippen LogP contribution in [0.15, 0.2) is 6.20 Å². The zero-order chi connectivity index (χ0) is 12.4. The van der Waals surface area contributed by atoms with E-state index in [0.717, 1.165) is 24.4 Å². The van der Waals surface area contributed by atoms with Crippen LogP contribution in [0.5, 0.6) is 0 Å². The molecule has 0 amide bonds. The molecule has 0 atom stereocenters. The highest BCUT2D eigenvalue weighted by atomic mass is 15.2. The predicted molar refractivity (Wildman–Crippen MR) is 64.9 cm³/mol. The summed E-state index contributed by atoms with van der Waals surface area (Å²) in [4.78, 5) is 17.0. The van der Waals surface area contributed by atoms with E-state index in [1.165, 1.54) is 0 Å². The average Bonchev–Trinajstić information content (AvgIpc) is 2.69. The van der Waals surface area contributed by atoms with Gasteiger partial charge >= 0.3 is 0 Å².